The van der Waals surface area contributed by atoms with Crippen LogP contribution in [0.3, 0.4) is 0 Å². The van der Waals surface area contributed by atoms with E-state index in [1.165, 1.54) is 103 Å². The number of hydrogen-bond donors (Lipinski definition) is 0. The summed E-state index contributed by atoms with van der Waals surface area (Å²) in [6.07, 6.45) is 25.6. The van der Waals surface area contributed by atoms with Gasteiger partial charge in [-0.1, -0.05) is 129 Å². The number of rotatable bonds is 30. The normalized spacial score (nSPS) is 11.9. The monoisotopic (exact) mass is 522 g/mol. The van der Waals surface area contributed by atoms with Gasteiger partial charge >= 0.3 is 10.4 Å². The molecule has 7 heteroatoms. The molecule has 0 unspecified atom stereocenters. The smallest absolute Gasteiger partial charge is 0.379 e. The van der Waals surface area contributed by atoms with E-state index in [0.29, 0.717) is 13.2 Å². The highest BCUT2D eigenvalue weighted by atomic mass is 32.3. The van der Waals surface area contributed by atoms with Crippen LogP contribution >= 0.6 is 0 Å². The van der Waals surface area contributed by atoms with Crippen molar-refractivity contribution in [2.24, 2.45) is 0 Å². The van der Waals surface area contributed by atoms with Crippen molar-refractivity contribution in [3.8, 4) is 0 Å². The lowest BCUT2D eigenvalue weighted by molar-refractivity contribution is 0.0756. The van der Waals surface area contributed by atoms with Crippen LogP contribution in [0.15, 0.2) is 0 Å². The highest BCUT2D eigenvalue weighted by Crippen LogP contribution is 2.11. The predicted molar refractivity (Wildman–Crippen MR) is 146 cm³/mol. The summed E-state index contributed by atoms with van der Waals surface area (Å²) in [4.78, 5) is 0. The first-order chi connectivity index (χ1) is 17.1. The van der Waals surface area contributed by atoms with Crippen molar-refractivity contribution in [2.75, 3.05) is 39.6 Å². The van der Waals surface area contributed by atoms with Crippen LogP contribution in [-0.2, 0) is 28.2 Å². The molecule has 0 heterocycles. The van der Waals surface area contributed by atoms with Gasteiger partial charge in [0.1, 0.15) is 0 Å². The van der Waals surface area contributed by atoms with Crippen molar-refractivity contribution < 1.29 is 26.3 Å². The van der Waals surface area contributed by atoms with Crippen LogP contribution in [0.25, 0.3) is 0 Å². The Morgan fingerprint density at radius 2 is 0.657 bits per heavy atom. The Labute approximate surface area is 218 Å². The Bertz CT molecular complexity index is 460. The van der Waals surface area contributed by atoms with Gasteiger partial charge in [0.25, 0.3) is 0 Å². The Kier molecular flexibility index (Phi) is 28.2. The van der Waals surface area contributed by atoms with Crippen LogP contribution < -0.4 is 0 Å². The van der Waals surface area contributed by atoms with Gasteiger partial charge in [-0.15, -0.1) is 0 Å². The second-order valence-electron chi connectivity index (χ2n) is 9.64. The van der Waals surface area contributed by atoms with Gasteiger partial charge in [0.2, 0.25) is 0 Å². The van der Waals surface area contributed by atoms with E-state index in [-0.39, 0.29) is 26.4 Å². The molecule has 0 aliphatic rings. The molecule has 0 aromatic heterocycles. The fraction of sp³-hybridized carbons (Fsp3) is 1.00. The molecule has 212 valence electrons. The Morgan fingerprint density at radius 1 is 0.371 bits per heavy atom. The van der Waals surface area contributed by atoms with Gasteiger partial charge < -0.3 is 9.47 Å². The van der Waals surface area contributed by atoms with Gasteiger partial charge in [-0.05, 0) is 12.8 Å². The maximum atomic E-state index is 11.7. The van der Waals surface area contributed by atoms with Crippen LogP contribution in [-0.4, -0.2) is 48.1 Å². The zero-order valence-electron chi connectivity index (χ0n) is 23.2. The Balaban J connectivity index is 3.29. The maximum Gasteiger partial charge on any atom is 0.400 e. The van der Waals surface area contributed by atoms with Gasteiger partial charge in [0.15, 0.2) is 0 Å². The maximum absolute atomic E-state index is 11.7. The van der Waals surface area contributed by atoms with Gasteiger partial charge in [0.05, 0.1) is 26.4 Å². The van der Waals surface area contributed by atoms with Gasteiger partial charge in [-0.25, -0.2) is 8.37 Å². The minimum atomic E-state index is -3.97. The van der Waals surface area contributed by atoms with Crippen LogP contribution in [0.4, 0.5) is 0 Å². The topological polar surface area (TPSA) is 71.1 Å². The zero-order valence-corrected chi connectivity index (χ0v) is 24.1. The summed E-state index contributed by atoms with van der Waals surface area (Å²) in [5.41, 5.74) is 0. The summed E-state index contributed by atoms with van der Waals surface area (Å²) in [6.45, 7) is 6.28. The van der Waals surface area contributed by atoms with E-state index in [2.05, 4.69) is 13.8 Å². The molecule has 0 fully saturated rings. The first kappa shape index (κ1) is 34.8. The summed E-state index contributed by atoms with van der Waals surface area (Å²) in [7, 11) is -3.97. The molecule has 0 aromatic carbocycles. The first-order valence-corrected chi connectivity index (χ1v) is 16.1. The fourth-order valence-corrected chi connectivity index (χ4v) is 4.62. The van der Waals surface area contributed by atoms with Crippen molar-refractivity contribution >= 4 is 10.4 Å². The molecule has 0 atom stereocenters. The van der Waals surface area contributed by atoms with E-state index < -0.39 is 10.4 Å². The zero-order chi connectivity index (χ0) is 25.7. The number of ether oxygens (including phenoxy) is 2. The van der Waals surface area contributed by atoms with Gasteiger partial charge in [-0.3, -0.25) is 0 Å². The lowest BCUT2D eigenvalue weighted by atomic mass is 10.1. The van der Waals surface area contributed by atoms with E-state index in [9.17, 15) is 8.42 Å². The van der Waals surface area contributed by atoms with Crippen molar-refractivity contribution in [1.82, 2.24) is 0 Å². The highest BCUT2D eigenvalue weighted by molar-refractivity contribution is 7.81. The summed E-state index contributed by atoms with van der Waals surface area (Å²) in [6, 6.07) is 0. The van der Waals surface area contributed by atoms with Gasteiger partial charge in [-0.2, -0.15) is 8.42 Å². The number of unbranched alkanes of at least 4 members (excludes halogenated alkanes) is 18. The molecule has 0 spiro atoms. The van der Waals surface area contributed by atoms with E-state index in [1.807, 2.05) is 0 Å². The van der Waals surface area contributed by atoms with Crippen molar-refractivity contribution in [1.29, 1.82) is 0 Å². The average Bonchev–Trinajstić information content (AvgIpc) is 2.84. The molecule has 0 radical (unpaired) electrons. The van der Waals surface area contributed by atoms with Crippen LogP contribution in [0.5, 0.6) is 0 Å². The molecule has 0 amide bonds. The molecule has 0 rings (SSSR count). The Morgan fingerprint density at radius 3 is 0.971 bits per heavy atom. The lowest BCUT2D eigenvalue weighted by Crippen LogP contribution is -2.17. The molecule has 0 saturated heterocycles. The van der Waals surface area contributed by atoms with Crippen molar-refractivity contribution in [3.63, 3.8) is 0 Å². The molecule has 0 N–H and O–H groups in total. The average molecular weight is 523 g/mol. The summed E-state index contributed by atoms with van der Waals surface area (Å²) >= 11 is 0. The lowest BCUT2D eigenvalue weighted by Gasteiger charge is -2.08. The van der Waals surface area contributed by atoms with E-state index in [4.69, 9.17) is 17.8 Å². The van der Waals surface area contributed by atoms with E-state index in [0.717, 1.165) is 25.7 Å². The summed E-state index contributed by atoms with van der Waals surface area (Å²) in [5.74, 6) is 0. The highest BCUT2D eigenvalue weighted by Gasteiger charge is 2.11. The molecule has 35 heavy (non-hydrogen) atoms. The molecule has 0 bridgehead atoms. The quantitative estimate of drug-likeness (QED) is 0.0887. The third kappa shape index (κ3) is 29.9. The summed E-state index contributed by atoms with van der Waals surface area (Å²) in [5, 5.41) is 0. The molecule has 0 aliphatic carbocycles. The van der Waals surface area contributed by atoms with Crippen molar-refractivity contribution in [3.05, 3.63) is 0 Å². The van der Waals surface area contributed by atoms with E-state index >= 15 is 0 Å². The van der Waals surface area contributed by atoms with Crippen LogP contribution in [0, 0.1) is 0 Å². The largest absolute Gasteiger partial charge is 0.400 e. The minimum absolute atomic E-state index is 0.0143. The van der Waals surface area contributed by atoms with Crippen molar-refractivity contribution in [2.45, 2.75) is 142 Å². The molecule has 0 saturated carbocycles. The molecule has 0 aromatic rings. The molecule has 6 nitrogen and oxygen atoms in total. The molecular weight excluding hydrogens is 464 g/mol. The third-order valence-electron chi connectivity index (χ3n) is 6.20. The van der Waals surface area contributed by atoms with Crippen LogP contribution in [0.2, 0.25) is 0 Å². The van der Waals surface area contributed by atoms with E-state index in [1.54, 1.807) is 0 Å². The standard InChI is InChI=1S/C28H58O6S/c1-3-5-7-9-11-13-15-17-19-21-23-31-25-27-33-35(29,30)34-28-26-32-24-22-20-18-16-14-12-10-8-6-4-2/h3-28H2,1-2H3. The fourth-order valence-electron chi connectivity index (χ4n) is 4.01. The third-order valence-corrected chi connectivity index (χ3v) is 7.11. The SMILES string of the molecule is CCCCCCCCCCCCOCCOS(=O)(=O)OCCOCCCCCCCCCCCC. The molecule has 0 aliphatic heterocycles. The predicted octanol–water partition coefficient (Wildman–Crippen LogP) is 8.14. The van der Waals surface area contributed by atoms with Gasteiger partial charge in [0, 0.05) is 13.2 Å². The molecular formula is C28H58O6S. The van der Waals surface area contributed by atoms with Crippen LogP contribution in [0.1, 0.15) is 142 Å². The first-order valence-electron chi connectivity index (χ1n) is 14.8. The second-order valence-corrected chi connectivity index (χ2v) is 10.9. The summed E-state index contributed by atoms with van der Waals surface area (Å²) < 4.78 is 44.0. The second kappa shape index (κ2) is 28.4. The Hall–Kier alpha value is -0.210. The minimum Gasteiger partial charge on any atom is -0.379 e. The number of hydrogen-bond acceptors (Lipinski definition) is 6.